The molecule has 1 atom stereocenters. The molecule has 0 aromatic rings. The number of hydrogen-bond donors (Lipinski definition) is 2. The van der Waals surface area contributed by atoms with E-state index in [4.69, 9.17) is 0 Å². The Morgan fingerprint density at radius 2 is 1.76 bits per heavy atom. The lowest BCUT2D eigenvalue weighted by atomic mass is 9.92. The normalized spacial score (nSPS) is 23.4. The average Bonchev–Trinajstić information content (AvgIpc) is 2.61. The molecule has 146 valence electrons. The molecular formula is C19H38N4OS. The van der Waals surface area contributed by atoms with E-state index < -0.39 is 10.8 Å². The molecule has 0 aromatic carbocycles. The van der Waals surface area contributed by atoms with E-state index in [1.165, 1.54) is 58.0 Å². The molecule has 2 aliphatic rings. The summed E-state index contributed by atoms with van der Waals surface area (Å²) in [5.41, 5.74) is 0. The highest BCUT2D eigenvalue weighted by atomic mass is 32.2. The molecule has 2 N–H and O–H groups in total. The molecule has 0 aromatic heterocycles. The second-order valence-electron chi connectivity index (χ2n) is 8.41. The topological polar surface area (TPSA) is 56.7 Å². The first kappa shape index (κ1) is 20.7. The van der Waals surface area contributed by atoms with E-state index >= 15 is 0 Å². The van der Waals surface area contributed by atoms with Gasteiger partial charge in [-0.15, -0.1) is 0 Å². The maximum Gasteiger partial charge on any atom is 0.191 e. The first-order valence-corrected chi connectivity index (χ1v) is 11.3. The summed E-state index contributed by atoms with van der Waals surface area (Å²) in [6.45, 7) is 9.17. The average molecular weight is 371 g/mol. The van der Waals surface area contributed by atoms with Gasteiger partial charge in [-0.05, 0) is 46.5 Å². The smallest absolute Gasteiger partial charge is 0.191 e. The number of guanidine groups is 1. The second-order valence-corrected chi connectivity index (χ2v) is 10.7. The van der Waals surface area contributed by atoms with E-state index in [1.807, 2.05) is 27.8 Å². The first-order chi connectivity index (χ1) is 11.9. The molecule has 25 heavy (non-hydrogen) atoms. The summed E-state index contributed by atoms with van der Waals surface area (Å²) < 4.78 is 12.0. The molecule has 2 fully saturated rings. The molecule has 1 saturated heterocycles. The highest BCUT2D eigenvalue weighted by Crippen LogP contribution is 2.25. The third-order valence-corrected chi connectivity index (χ3v) is 7.39. The van der Waals surface area contributed by atoms with Gasteiger partial charge >= 0.3 is 0 Å². The van der Waals surface area contributed by atoms with Gasteiger partial charge in [0.05, 0.1) is 0 Å². The highest BCUT2D eigenvalue weighted by molar-refractivity contribution is 7.86. The zero-order valence-corrected chi connectivity index (χ0v) is 17.5. The van der Waals surface area contributed by atoms with Crippen molar-refractivity contribution in [2.45, 2.75) is 82.5 Å². The summed E-state index contributed by atoms with van der Waals surface area (Å²) in [6, 6.07) is 1.33. The van der Waals surface area contributed by atoms with E-state index in [9.17, 15) is 4.21 Å². The van der Waals surface area contributed by atoms with Crippen LogP contribution in [0, 0.1) is 0 Å². The van der Waals surface area contributed by atoms with Crippen LogP contribution in [0.5, 0.6) is 0 Å². The van der Waals surface area contributed by atoms with E-state index in [2.05, 4.69) is 20.5 Å². The van der Waals surface area contributed by atoms with Gasteiger partial charge in [-0.1, -0.05) is 19.3 Å². The Hall–Kier alpha value is -0.620. The number of likely N-dealkylation sites (tertiary alicyclic amines) is 1. The van der Waals surface area contributed by atoms with Crippen LogP contribution in [0.2, 0.25) is 0 Å². The minimum absolute atomic E-state index is 0.148. The molecule has 1 saturated carbocycles. The van der Waals surface area contributed by atoms with Gasteiger partial charge in [0, 0.05) is 60.1 Å². The zero-order chi connectivity index (χ0) is 18.3. The quantitative estimate of drug-likeness (QED) is 0.577. The van der Waals surface area contributed by atoms with Gasteiger partial charge in [0.1, 0.15) is 0 Å². The van der Waals surface area contributed by atoms with Crippen LogP contribution in [0.3, 0.4) is 0 Å². The van der Waals surface area contributed by atoms with Crippen LogP contribution in [0.4, 0.5) is 0 Å². The summed E-state index contributed by atoms with van der Waals surface area (Å²) in [4.78, 5) is 7.04. The predicted molar refractivity (Wildman–Crippen MR) is 109 cm³/mol. The lowest BCUT2D eigenvalue weighted by Crippen LogP contribution is -2.51. The highest BCUT2D eigenvalue weighted by Gasteiger charge is 2.26. The second kappa shape index (κ2) is 9.91. The lowest BCUT2D eigenvalue weighted by Gasteiger charge is -2.39. The predicted octanol–water partition coefficient (Wildman–Crippen LogP) is 2.50. The molecule has 6 heteroatoms. The van der Waals surface area contributed by atoms with Crippen molar-refractivity contribution in [2.75, 3.05) is 32.4 Å². The van der Waals surface area contributed by atoms with Crippen molar-refractivity contribution in [1.29, 1.82) is 0 Å². The summed E-state index contributed by atoms with van der Waals surface area (Å²) >= 11 is 0. The van der Waals surface area contributed by atoms with Crippen molar-refractivity contribution >= 4 is 16.8 Å². The Bertz CT molecular complexity index is 447. The first-order valence-electron chi connectivity index (χ1n) is 10.00. The Balaban J connectivity index is 1.67. The Labute approximate surface area is 156 Å². The van der Waals surface area contributed by atoms with E-state index in [0.717, 1.165) is 12.0 Å². The Morgan fingerprint density at radius 1 is 1.12 bits per heavy atom. The number of nitrogens with zero attached hydrogens (tertiary/aromatic N) is 2. The lowest BCUT2D eigenvalue weighted by molar-refractivity contribution is 0.119. The molecule has 0 bridgehead atoms. The minimum atomic E-state index is -0.822. The van der Waals surface area contributed by atoms with Crippen LogP contribution in [-0.4, -0.2) is 64.3 Å². The molecule has 1 aliphatic carbocycles. The Morgan fingerprint density at radius 3 is 2.32 bits per heavy atom. The van der Waals surface area contributed by atoms with Crippen molar-refractivity contribution < 1.29 is 4.21 Å². The number of aliphatic imine (C=N–C) groups is 1. The largest absolute Gasteiger partial charge is 0.355 e. The number of hydrogen-bond acceptors (Lipinski definition) is 3. The molecule has 0 amide bonds. The monoisotopic (exact) mass is 370 g/mol. The van der Waals surface area contributed by atoms with Gasteiger partial charge in [-0.25, -0.2) is 0 Å². The van der Waals surface area contributed by atoms with Gasteiger partial charge in [0.25, 0.3) is 0 Å². The van der Waals surface area contributed by atoms with Gasteiger partial charge in [0.15, 0.2) is 5.96 Å². The molecule has 5 nitrogen and oxygen atoms in total. The third kappa shape index (κ3) is 6.89. The summed E-state index contributed by atoms with van der Waals surface area (Å²) in [7, 11) is 0.991. The molecule has 2 rings (SSSR count). The maximum atomic E-state index is 12.1. The Kier molecular flexibility index (Phi) is 8.20. The summed E-state index contributed by atoms with van der Waals surface area (Å²) in [5.74, 6) is 1.51. The minimum Gasteiger partial charge on any atom is -0.355 e. The van der Waals surface area contributed by atoms with Crippen molar-refractivity contribution in [3.8, 4) is 0 Å². The van der Waals surface area contributed by atoms with Crippen LogP contribution in [0.1, 0.15) is 65.7 Å². The van der Waals surface area contributed by atoms with Crippen LogP contribution in [0.25, 0.3) is 0 Å². The number of nitrogens with one attached hydrogen (secondary N) is 2. The van der Waals surface area contributed by atoms with Crippen LogP contribution in [0.15, 0.2) is 4.99 Å². The molecular weight excluding hydrogens is 332 g/mol. The van der Waals surface area contributed by atoms with E-state index in [0.29, 0.717) is 18.3 Å². The third-order valence-electron chi connectivity index (χ3n) is 5.45. The SMILES string of the molecule is CN=C(NCCS(=O)C(C)(C)C)NC1CCN(C2CCCCC2)CC1. The van der Waals surface area contributed by atoms with E-state index in [-0.39, 0.29) is 4.75 Å². The number of piperidine rings is 1. The fourth-order valence-electron chi connectivity index (χ4n) is 3.81. The van der Waals surface area contributed by atoms with Gasteiger partial charge in [-0.3, -0.25) is 9.20 Å². The van der Waals surface area contributed by atoms with E-state index in [1.54, 1.807) is 0 Å². The molecule has 0 spiro atoms. The van der Waals surface area contributed by atoms with Gasteiger partial charge in [0.2, 0.25) is 0 Å². The van der Waals surface area contributed by atoms with Gasteiger partial charge in [-0.2, -0.15) is 0 Å². The van der Waals surface area contributed by atoms with Crippen molar-refractivity contribution in [3.63, 3.8) is 0 Å². The maximum absolute atomic E-state index is 12.1. The molecule has 1 heterocycles. The zero-order valence-electron chi connectivity index (χ0n) is 16.6. The van der Waals surface area contributed by atoms with Crippen LogP contribution < -0.4 is 10.6 Å². The molecule has 1 unspecified atom stereocenters. The number of rotatable bonds is 5. The molecule has 1 aliphatic heterocycles. The fourth-order valence-corrected chi connectivity index (χ4v) is 4.71. The van der Waals surface area contributed by atoms with Crippen LogP contribution in [-0.2, 0) is 10.8 Å². The van der Waals surface area contributed by atoms with Gasteiger partial charge < -0.3 is 15.5 Å². The molecule has 0 radical (unpaired) electrons. The fraction of sp³-hybridized carbons (Fsp3) is 0.947. The van der Waals surface area contributed by atoms with Crippen molar-refractivity contribution in [3.05, 3.63) is 0 Å². The summed E-state index contributed by atoms with van der Waals surface area (Å²) in [6.07, 6.45) is 9.41. The van der Waals surface area contributed by atoms with Crippen LogP contribution >= 0.6 is 0 Å². The van der Waals surface area contributed by atoms with Crippen molar-refractivity contribution in [1.82, 2.24) is 15.5 Å². The standard InChI is InChI=1S/C19H38N4OS/c1-19(2,3)25(24)15-12-21-18(20-4)22-16-10-13-23(14-11-16)17-8-6-5-7-9-17/h16-17H,5-15H2,1-4H3,(H2,20,21,22). The van der Waals surface area contributed by atoms with Crippen molar-refractivity contribution in [2.24, 2.45) is 4.99 Å². The summed E-state index contributed by atoms with van der Waals surface area (Å²) in [5, 5.41) is 6.88.